The van der Waals surface area contributed by atoms with Crippen molar-refractivity contribution in [1.29, 1.82) is 0 Å². The fourth-order valence-corrected chi connectivity index (χ4v) is 9.01. The van der Waals surface area contributed by atoms with Crippen molar-refractivity contribution in [3.05, 3.63) is 71.8 Å². The fraction of sp³-hybridized carbons (Fsp3) is 0.591. The molecule has 0 radical (unpaired) electrons. The molecule has 1 unspecified atom stereocenters. The molecule has 68 heavy (non-hydrogen) atoms. The number of hydrogen-bond acceptors (Lipinski definition) is 18. The Hall–Kier alpha value is -4.92. The zero-order chi connectivity index (χ0) is 51.3. The summed E-state index contributed by atoms with van der Waals surface area (Å²) in [5.41, 5.74) is 3.61. The van der Waals surface area contributed by atoms with Crippen molar-refractivity contribution in [2.45, 2.75) is 111 Å². The van der Waals surface area contributed by atoms with Crippen LogP contribution in [-0.2, 0) is 79.0 Å². The summed E-state index contributed by atoms with van der Waals surface area (Å²) in [5.74, 6) is -4.97. The van der Waals surface area contributed by atoms with Gasteiger partial charge in [-0.05, 0) is 63.6 Å². The number of amides is 2. The third kappa shape index (κ3) is 18.2. The van der Waals surface area contributed by atoms with Gasteiger partial charge in [-0.25, -0.2) is 19.2 Å². The summed E-state index contributed by atoms with van der Waals surface area (Å²) in [6.45, 7) is 7.78. The van der Waals surface area contributed by atoms with Gasteiger partial charge >= 0.3 is 51.3 Å². The molecule has 24 heteroatoms. The van der Waals surface area contributed by atoms with Crippen molar-refractivity contribution in [3.63, 3.8) is 0 Å². The van der Waals surface area contributed by atoms with Crippen LogP contribution in [0.2, 0.25) is 0 Å². The summed E-state index contributed by atoms with van der Waals surface area (Å²) >= 11 is 0. The maximum absolute atomic E-state index is 14.2. The number of esters is 4. The van der Waals surface area contributed by atoms with E-state index in [0.717, 1.165) is 0 Å². The van der Waals surface area contributed by atoms with Crippen molar-refractivity contribution in [2.75, 3.05) is 33.3 Å². The van der Waals surface area contributed by atoms with Crippen LogP contribution in [0.1, 0.15) is 92.2 Å². The van der Waals surface area contributed by atoms with Gasteiger partial charge in [0.15, 0.2) is 0 Å². The number of hydrogen-bond donors (Lipinski definition) is 6. The lowest BCUT2D eigenvalue weighted by Crippen LogP contribution is -2.47. The number of alkyl carbamates (subject to hydrolysis) is 2. The van der Waals surface area contributed by atoms with Crippen LogP contribution in [0.25, 0.3) is 0 Å². The van der Waals surface area contributed by atoms with Gasteiger partial charge in [-0.3, -0.25) is 27.8 Å². The number of nitrogens with one attached hydrogen (secondary N) is 2. The lowest BCUT2D eigenvalue weighted by molar-refractivity contribution is -0.169. The van der Waals surface area contributed by atoms with E-state index < -0.39 is 124 Å². The van der Waals surface area contributed by atoms with E-state index in [-0.39, 0.29) is 26.2 Å². The molecule has 0 bridgehead atoms. The van der Waals surface area contributed by atoms with Gasteiger partial charge in [-0.15, -0.1) is 0 Å². The summed E-state index contributed by atoms with van der Waals surface area (Å²) in [6, 6.07) is 15.3. The number of carbonyl (C=O) groups is 6. The first-order valence-electron chi connectivity index (χ1n) is 21.8. The molecule has 0 aliphatic heterocycles. The van der Waals surface area contributed by atoms with Gasteiger partial charge in [0.2, 0.25) is 13.6 Å². The average molecular weight is 1000 g/mol. The summed E-state index contributed by atoms with van der Waals surface area (Å²) in [5, 5.41) is 12.6. The Morgan fingerprint density at radius 1 is 0.632 bits per heavy atom. The standard InChI is InChI=1S/C44H67N3O19P2/c1-9-30(3)34(46-40(52)59-24-32-18-13-11-14-19-32)36(48)61-26-42(5,6)38(50)63-28-65-68(58,44(54,22-17-23-45)67(55,56)57)66-29-64-39(51)43(7,8)27-62-37(49)35(31(4)10-2)47-41(53)60-25-33-20-15-12-16-21-33/h11-16,18-21,30-31,34-35,54H,9-10,17,22-29,45H2,1-8H3,(H,46,52)(H,47,53)(H2,55,56,57)/t30-,31-,34-,35-,44?/m0/s1. The molecule has 0 saturated heterocycles. The van der Waals surface area contributed by atoms with E-state index in [4.69, 9.17) is 43.2 Å². The van der Waals surface area contributed by atoms with Crippen LogP contribution in [0.5, 0.6) is 0 Å². The van der Waals surface area contributed by atoms with Crippen LogP contribution in [0.3, 0.4) is 0 Å². The Labute approximate surface area is 396 Å². The predicted octanol–water partition coefficient (Wildman–Crippen LogP) is 5.60. The first kappa shape index (κ1) is 59.2. The quantitative estimate of drug-likeness (QED) is 0.0250. The maximum atomic E-state index is 14.2. The molecule has 7 N–H and O–H groups in total. The Kier molecular flexibility index (Phi) is 23.8. The maximum Gasteiger partial charge on any atom is 0.408 e. The number of nitrogens with two attached hydrogens (primary N) is 1. The SMILES string of the molecule is CC[C@H](C)[C@H](NC(=O)OCc1ccccc1)C(=O)OCC(C)(C)C(=O)OCOP(=O)(OCOC(=O)C(C)(C)COC(=O)[C@@H](NC(=O)OCc1ccccc1)[C@@H](C)CC)C(O)(CCCN)P(=O)(O)O. The molecule has 2 rings (SSSR count). The molecule has 382 valence electrons. The van der Waals surface area contributed by atoms with Gasteiger partial charge in [0, 0.05) is 6.42 Å². The number of benzene rings is 2. The minimum absolute atomic E-state index is 0.0643. The van der Waals surface area contributed by atoms with Crippen LogP contribution in [0, 0.1) is 22.7 Å². The molecule has 5 atom stereocenters. The molecule has 2 aromatic carbocycles. The summed E-state index contributed by atoms with van der Waals surface area (Å²) in [4.78, 5) is 98.4. The first-order valence-corrected chi connectivity index (χ1v) is 24.9. The lowest BCUT2D eigenvalue weighted by atomic mass is 9.95. The molecule has 2 amide bonds. The van der Waals surface area contributed by atoms with Crippen molar-refractivity contribution in [2.24, 2.45) is 28.4 Å². The van der Waals surface area contributed by atoms with Crippen LogP contribution in [0.4, 0.5) is 9.59 Å². The van der Waals surface area contributed by atoms with Gasteiger partial charge < -0.3 is 59.7 Å². The number of rotatable bonds is 29. The lowest BCUT2D eigenvalue weighted by Gasteiger charge is -2.34. The molecular weight excluding hydrogens is 936 g/mol. The van der Waals surface area contributed by atoms with Gasteiger partial charge in [0.25, 0.3) is 5.08 Å². The second-order valence-corrected chi connectivity index (χ2v) is 21.6. The highest BCUT2D eigenvalue weighted by molar-refractivity contribution is 7.73. The molecule has 0 spiro atoms. The van der Waals surface area contributed by atoms with Crippen molar-refractivity contribution < 1.29 is 90.3 Å². The Morgan fingerprint density at radius 2 is 1.00 bits per heavy atom. The first-order chi connectivity index (χ1) is 31.8. The van der Waals surface area contributed by atoms with Crippen LogP contribution in [-0.4, -0.2) is 101 Å². The molecule has 0 aliphatic rings. The molecule has 0 aliphatic carbocycles. The van der Waals surface area contributed by atoms with E-state index in [9.17, 15) is 52.8 Å². The van der Waals surface area contributed by atoms with E-state index in [1.54, 1.807) is 88.4 Å². The molecule has 0 aromatic heterocycles. The fourth-order valence-electron chi connectivity index (χ4n) is 5.64. The normalized spacial score (nSPS) is 14.7. The smallest absolute Gasteiger partial charge is 0.408 e. The monoisotopic (exact) mass is 1000 g/mol. The van der Waals surface area contributed by atoms with E-state index in [1.165, 1.54) is 27.7 Å². The zero-order valence-electron chi connectivity index (χ0n) is 39.7. The van der Waals surface area contributed by atoms with Crippen LogP contribution >= 0.6 is 15.2 Å². The average Bonchev–Trinajstić information content (AvgIpc) is 3.30. The molecule has 0 fully saturated rings. The second kappa shape index (κ2) is 27.3. The summed E-state index contributed by atoms with van der Waals surface area (Å²) < 4.78 is 68.5. The highest BCUT2D eigenvalue weighted by Gasteiger charge is 2.62. The van der Waals surface area contributed by atoms with Gasteiger partial charge in [0.1, 0.15) is 38.5 Å². The molecule has 22 nitrogen and oxygen atoms in total. The van der Waals surface area contributed by atoms with E-state index in [2.05, 4.69) is 10.6 Å². The second-order valence-electron chi connectivity index (χ2n) is 17.2. The van der Waals surface area contributed by atoms with Crippen LogP contribution in [0.15, 0.2) is 60.7 Å². The van der Waals surface area contributed by atoms with Gasteiger partial charge in [-0.2, -0.15) is 0 Å². The van der Waals surface area contributed by atoms with Gasteiger partial charge in [0.05, 0.1) is 10.8 Å². The van der Waals surface area contributed by atoms with Gasteiger partial charge in [-0.1, -0.05) is 101 Å². The minimum Gasteiger partial charge on any atom is -0.463 e. The van der Waals surface area contributed by atoms with E-state index in [1.807, 2.05) is 0 Å². The number of aliphatic hydroxyl groups is 1. The van der Waals surface area contributed by atoms with Crippen molar-refractivity contribution >= 4 is 51.3 Å². The highest BCUT2D eigenvalue weighted by atomic mass is 31.2. The topological polar surface area (TPSA) is 321 Å². The Morgan fingerprint density at radius 3 is 1.32 bits per heavy atom. The van der Waals surface area contributed by atoms with E-state index >= 15 is 0 Å². The molecule has 0 heterocycles. The molecule has 2 aromatic rings. The Bertz CT molecular complexity index is 1930. The molecular formula is C44H67N3O19P2. The van der Waals surface area contributed by atoms with Crippen molar-refractivity contribution in [3.8, 4) is 0 Å². The predicted molar refractivity (Wildman–Crippen MR) is 242 cm³/mol. The highest BCUT2D eigenvalue weighted by Crippen LogP contribution is 2.74. The minimum atomic E-state index is -5.86. The largest absolute Gasteiger partial charge is 0.463 e. The van der Waals surface area contributed by atoms with Crippen molar-refractivity contribution in [1.82, 2.24) is 10.6 Å². The zero-order valence-corrected chi connectivity index (χ0v) is 41.5. The summed E-state index contributed by atoms with van der Waals surface area (Å²) in [6.07, 6.45) is -2.19. The third-order valence-electron chi connectivity index (χ3n) is 10.6. The Balaban J connectivity index is 2.10. The number of ether oxygens (including phenoxy) is 6. The molecule has 0 saturated carbocycles. The number of carbonyl (C=O) groups excluding carboxylic acids is 6. The van der Waals surface area contributed by atoms with E-state index in [0.29, 0.717) is 24.0 Å². The van der Waals surface area contributed by atoms with Crippen LogP contribution < -0.4 is 16.4 Å². The third-order valence-corrected chi connectivity index (χ3v) is 15.3. The summed E-state index contributed by atoms with van der Waals surface area (Å²) in [7, 11) is -11.5.